The molecule has 24 heavy (non-hydrogen) atoms. The van der Waals surface area contributed by atoms with E-state index in [-0.39, 0.29) is 18.9 Å². The van der Waals surface area contributed by atoms with E-state index in [1.54, 1.807) is 24.5 Å². The molecule has 1 atom stereocenters. The van der Waals surface area contributed by atoms with Gasteiger partial charge in [0.15, 0.2) is 11.6 Å². The van der Waals surface area contributed by atoms with Crippen molar-refractivity contribution >= 4 is 5.91 Å². The Balaban J connectivity index is 2.05. The van der Waals surface area contributed by atoms with Gasteiger partial charge in [-0.2, -0.15) is 0 Å². The molecule has 1 heterocycles. The van der Waals surface area contributed by atoms with Crippen molar-refractivity contribution in [2.45, 2.75) is 25.9 Å². The first-order chi connectivity index (χ1) is 11.5. The van der Waals surface area contributed by atoms with Crippen molar-refractivity contribution in [1.29, 1.82) is 0 Å². The van der Waals surface area contributed by atoms with Crippen LogP contribution in [0.25, 0.3) is 0 Å². The number of halogens is 2. The summed E-state index contributed by atoms with van der Waals surface area (Å²) in [5.74, 6) is -2.16. The second-order valence-electron chi connectivity index (χ2n) is 5.57. The van der Waals surface area contributed by atoms with E-state index in [9.17, 15) is 18.7 Å². The molecular weight excluding hydrogens is 314 g/mol. The third-order valence-corrected chi connectivity index (χ3v) is 3.65. The van der Waals surface area contributed by atoms with Gasteiger partial charge in [0.2, 0.25) is 5.91 Å². The first-order valence-corrected chi connectivity index (χ1v) is 7.81. The smallest absolute Gasteiger partial charge is 0.227 e. The first-order valence-electron chi connectivity index (χ1n) is 7.81. The zero-order valence-electron chi connectivity index (χ0n) is 13.5. The van der Waals surface area contributed by atoms with Gasteiger partial charge in [-0.1, -0.05) is 19.1 Å². The maximum Gasteiger partial charge on any atom is 0.227 e. The Kier molecular flexibility index (Phi) is 6.37. The van der Waals surface area contributed by atoms with E-state index < -0.39 is 17.7 Å². The number of hydrogen-bond donors (Lipinski definition) is 1. The van der Waals surface area contributed by atoms with Crippen LogP contribution in [0.5, 0.6) is 0 Å². The summed E-state index contributed by atoms with van der Waals surface area (Å²) in [4.78, 5) is 17.9. The Morgan fingerprint density at radius 1 is 1.29 bits per heavy atom. The molecule has 0 saturated carbocycles. The molecule has 1 N–H and O–H groups in total. The van der Waals surface area contributed by atoms with E-state index in [0.717, 1.165) is 18.6 Å². The topological polar surface area (TPSA) is 53.4 Å². The SMILES string of the molecule is CCCN(CC(O)c1cccnc1)C(=O)Cc1ccc(F)c(F)c1. The fourth-order valence-corrected chi connectivity index (χ4v) is 2.41. The molecule has 2 rings (SSSR count). The predicted octanol–water partition coefficient (Wildman–Crippen LogP) is 2.87. The number of benzene rings is 1. The number of carbonyl (C=O) groups is 1. The maximum atomic E-state index is 13.3. The molecule has 1 aromatic heterocycles. The van der Waals surface area contributed by atoms with Crippen LogP contribution in [0.2, 0.25) is 0 Å². The molecule has 0 bridgehead atoms. The van der Waals surface area contributed by atoms with E-state index >= 15 is 0 Å². The number of carbonyl (C=O) groups excluding carboxylic acids is 1. The second-order valence-corrected chi connectivity index (χ2v) is 5.57. The molecule has 0 aliphatic rings. The number of aromatic nitrogens is 1. The Morgan fingerprint density at radius 3 is 2.71 bits per heavy atom. The third-order valence-electron chi connectivity index (χ3n) is 3.65. The molecule has 1 amide bonds. The molecule has 0 saturated heterocycles. The van der Waals surface area contributed by atoms with Gasteiger partial charge in [0, 0.05) is 24.5 Å². The van der Waals surface area contributed by atoms with Crippen LogP contribution < -0.4 is 0 Å². The van der Waals surface area contributed by atoms with Gasteiger partial charge in [0.1, 0.15) is 0 Å². The number of amides is 1. The second kappa shape index (κ2) is 8.49. The lowest BCUT2D eigenvalue weighted by molar-refractivity contribution is -0.132. The molecule has 6 heteroatoms. The average Bonchev–Trinajstić information content (AvgIpc) is 2.58. The molecule has 0 fully saturated rings. The zero-order valence-corrected chi connectivity index (χ0v) is 13.5. The number of rotatable bonds is 7. The van der Waals surface area contributed by atoms with Gasteiger partial charge in [-0.05, 0) is 30.2 Å². The van der Waals surface area contributed by atoms with Crippen molar-refractivity contribution in [3.05, 3.63) is 65.5 Å². The lowest BCUT2D eigenvalue weighted by Gasteiger charge is -2.25. The predicted molar refractivity (Wildman–Crippen MR) is 86.1 cm³/mol. The summed E-state index contributed by atoms with van der Waals surface area (Å²) in [6, 6.07) is 6.87. The first kappa shape index (κ1) is 18.0. The molecule has 0 aliphatic heterocycles. The van der Waals surface area contributed by atoms with Crippen molar-refractivity contribution in [1.82, 2.24) is 9.88 Å². The van der Waals surface area contributed by atoms with Gasteiger partial charge >= 0.3 is 0 Å². The number of pyridine rings is 1. The summed E-state index contributed by atoms with van der Waals surface area (Å²) in [7, 11) is 0. The van der Waals surface area contributed by atoms with Gasteiger partial charge in [0.25, 0.3) is 0 Å². The van der Waals surface area contributed by atoms with Crippen LogP contribution in [0.15, 0.2) is 42.7 Å². The van der Waals surface area contributed by atoms with Gasteiger partial charge < -0.3 is 10.0 Å². The van der Waals surface area contributed by atoms with Crippen LogP contribution in [0.3, 0.4) is 0 Å². The Hall–Kier alpha value is -2.34. The highest BCUT2D eigenvalue weighted by Crippen LogP contribution is 2.15. The van der Waals surface area contributed by atoms with E-state index in [1.165, 1.54) is 11.0 Å². The van der Waals surface area contributed by atoms with Gasteiger partial charge in [-0.15, -0.1) is 0 Å². The van der Waals surface area contributed by atoms with E-state index in [4.69, 9.17) is 0 Å². The van der Waals surface area contributed by atoms with Crippen molar-refractivity contribution in [2.24, 2.45) is 0 Å². The number of aliphatic hydroxyl groups is 1. The molecule has 4 nitrogen and oxygen atoms in total. The molecule has 0 radical (unpaired) electrons. The van der Waals surface area contributed by atoms with Crippen LogP contribution in [0.4, 0.5) is 8.78 Å². The largest absolute Gasteiger partial charge is 0.386 e. The quantitative estimate of drug-likeness (QED) is 0.847. The molecule has 0 aliphatic carbocycles. The normalized spacial score (nSPS) is 12.0. The molecule has 2 aromatic rings. The van der Waals surface area contributed by atoms with Crippen LogP contribution in [0.1, 0.15) is 30.6 Å². The Labute approximate surface area is 139 Å². The van der Waals surface area contributed by atoms with Crippen molar-refractivity contribution in [3.63, 3.8) is 0 Å². The van der Waals surface area contributed by atoms with Crippen LogP contribution in [-0.2, 0) is 11.2 Å². The van der Waals surface area contributed by atoms with Crippen molar-refractivity contribution < 1.29 is 18.7 Å². The van der Waals surface area contributed by atoms with Gasteiger partial charge in [-0.3, -0.25) is 9.78 Å². The molecule has 1 aromatic carbocycles. The van der Waals surface area contributed by atoms with E-state index in [1.807, 2.05) is 6.92 Å². The standard InChI is InChI=1S/C18H20F2N2O2/c1-2-8-22(12-17(23)14-4-3-7-21-11-14)18(24)10-13-5-6-15(19)16(20)9-13/h3-7,9,11,17,23H,2,8,10,12H2,1H3. The third kappa shape index (κ3) is 4.83. The Morgan fingerprint density at radius 2 is 2.08 bits per heavy atom. The molecular formula is C18H20F2N2O2. The van der Waals surface area contributed by atoms with Crippen LogP contribution in [0, 0.1) is 11.6 Å². The number of nitrogens with zero attached hydrogens (tertiary/aromatic N) is 2. The summed E-state index contributed by atoms with van der Waals surface area (Å²) < 4.78 is 26.2. The minimum Gasteiger partial charge on any atom is -0.386 e. The lowest BCUT2D eigenvalue weighted by Crippen LogP contribution is -2.36. The highest BCUT2D eigenvalue weighted by atomic mass is 19.2. The number of hydrogen-bond acceptors (Lipinski definition) is 3. The minimum atomic E-state index is -0.974. The summed E-state index contributed by atoms with van der Waals surface area (Å²) in [5.41, 5.74) is 1.02. The molecule has 128 valence electrons. The van der Waals surface area contributed by atoms with Crippen molar-refractivity contribution in [3.8, 4) is 0 Å². The fourth-order valence-electron chi connectivity index (χ4n) is 2.41. The molecule has 0 spiro atoms. The lowest BCUT2D eigenvalue weighted by atomic mass is 10.1. The molecule has 1 unspecified atom stereocenters. The number of aliphatic hydroxyl groups excluding tert-OH is 1. The minimum absolute atomic E-state index is 0.0447. The summed E-state index contributed by atoms with van der Waals surface area (Å²) >= 11 is 0. The highest BCUT2D eigenvalue weighted by molar-refractivity contribution is 5.78. The van der Waals surface area contributed by atoms with Crippen molar-refractivity contribution in [2.75, 3.05) is 13.1 Å². The van der Waals surface area contributed by atoms with E-state index in [0.29, 0.717) is 17.7 Å². The van der Waals surface area contributed by atoms with Crippen LogP contribution >= 0.6 is 0 Å². The van der Waals surface area contributed by atoms with Crippen LogP contribution in [-0.4, -0.2) is 34.0 Å². The average molecular weight is 334 g/mol. The summed E-state index contributed by atoms with van der Waals surface area (Å²) in [6.07, 6.45) is 2.99. The van der Waals surface area contributed by atoms with E-state index in [2.05, 4.69) is 4.98 Å². The zero-order chi connectivity index (χ0) is 17.5. The maximum absolute atomic E-state index is 13.3. The highest BCUT2D eigenvalue weighted by Gasteiger charge is 2.19. The summed E-state index contributed by atoms with van der Waals surface area (Å²) in [6.45, 7) is 2.52. The monoisotopic (exact) mass is 334 g/mol. The summed E-state index contributed by atoms with van der Waals surface area (Å²) in [5, 5.41) is 10.3. The van der Waals surface area contributed by atoms with Gasteiger partial charge in [-0.25, -0.2) is 8.78 Å². The fraction of sp³-hybridized carbons (Fsp3) is 0.333. The van der Waals surface area contributed by atoms with Gasteiger partial charge in [0.05, 0.1) is 19.1 Å². The Bertz CT molecular complexity index is 680.